The van der Waals surface area contributed by atoms with E-state index in [0.29, 0.717) is 5.56 Å². The van der Waals surface area contributed by atoms with Gasteiger partial charge in [-0.1, -0.05) is 5.16 Å². The topological polar surface area (TPSA) is 111 Å². The Morgan fingerprint density at radius 2 is 1.67 bits per heavy atom. The molecule has 1 aromatic carbocycles. The second-order valence-corrected chi connectivity index (χ2v) is 5.36. The summed E-state index contributed by atoms with van der Waals surface area (Å²) in [5, 5.41) is 6.02. The van der Waals surface area contributed by atoms with Gasteiger partial charge in [0, 0.05) is 23.5 Å². The number of nitrogens with zero attached hydrogens (tertiary/aromatic N) is 2. The fourth-order valence-electron chi connectivity index (χ4n) is 2.30. The lowest BCUT2D eigenvalue weighted by Crippen LogP contribution is -2.18. The molecule has 0 saturated carbocycles. The summed E-state index contributed by atoms with van der Waals surface area (Å²) in [4.78, 5) is 27.9. The number of hydrogen-bond donors (Lipinski definition) is 2. The molecule has 0 unspecified atom stereocenters. The van der Waals surface area contributed by atoms with Crippen molar-refractivity contribution in [1.29, 1.82) is 0 Å². The van der Waals surface area contributed by atoms with E-state index >= 15 is 0 Å². The van der Waals surface area contributed by atoms with Crippen LogP contribution >= 0.6 is 0 Å². The maximum atomic E-state index is 12.6. The van der Waals surface area contributed by atoms with Crippen molar-refractivity contribution < 1.29 is 27.3 Å². The lowest BCUT2D eigenvalue weighted by molar-refractivity contribution is -0.137. The third kappa shape index (κ3) is 3.78. The second kappa shape index (κ2) is 6.90. The molecule has 0 bridgehead atoms. The van der Waals surface area contributed by atoms with Crippen molar-refractivity contribution in [2.24, 2.45) is 5.73 Å². The van der Waals surface area contributed by atoms with Crippen LogP contribution in [0.3, 0.4) is 0 Å². The van der Waals surface area contributed by atoms with E-state index in [-0.39, 0.29) is 22.7 Å². The van der Waals surface area contributed by atoms with Crippen molar-refractivity contribution in [3.05, 3.63) is 65.5 Å². The normalized spacial score (nSPS) is 11.2. The van der Waals surface area contributed by atoms with E-state index in [1.807, 2.05) is 0 Å². The Balaban J connectivity index is 1.88. The highest BCUT2D eigenvalue weighted by atomic mass is 19.4. The lowest BCUT2D eigenvalue weighted by Gasteiger charge is -2.07. The Labute approximate surface area is 150 Å². The molecule has 3 rings (SSSR count). The molecule has 3 aromatic rings. The van der Waals surface area contributed by atoms with Gasteiger partial charge >= 0.3 is 6.18 Å². The van der Waals surface area contributed by atoms with Gasteiger partial charge in [0.25, 0.3) is 11.8 Å². The first-order valence-corrected chi connectivity index (χ1v) is 7.46. The summed E-state index contributed by atoms with van der Waals surface area (Å²) in [6.07, 6.45) is -1.58. The number of benzene rings is 1. The Morgan fingerprint density at radius 3 is 2.22 bits per heavy atom. The van der Waals surface area contributed by atoms with Gasteiger partial charge in [-0.2, -0.15) is 13.2 Å². The van der Waals surface area contributed by atoms with E-state index < -0.39 is 23.6 Å². The number of carbonyl (C=O) groups excluding carboxylic acids is 2. The predicted molar refractivity (Wildman–Crippen MR) is 87.6 cm³/mol. The second-order valence-electron chi connectivity index (χ2n) is 5.36. The van der Waals surface area contributed by atoms with Crippen LogP contribution in [0.2, 0.25) is 0 Å². The maximum absolute atomic E-state index is 12.6. The Hall–Kier alpha value is -3.69. The number of aromatic nitrogens is 2. The first-order valence-electron chi connectivity index (χ1n) is 7.46. The fourth-order valence-corrected chi connectivity index (χ4v) is 2.30. The minimum Gasteiger partial charge on any atom is -0.365 e. The first-order chi connectivity index (χ1) is 12.8. The average molecular weight is 376 g/mol. The summed E-state index contributed by atoms with van der Waals surface area (Å²) in [5.41, 5.74) is 4.81. The third-order valence-corrected chi connectivity index (χ3v) is 3.59. The molecule has 3 N–H and O–H groups in total. The molecule has 0 aliphatic carbocycles. The van der Waals surface area contributed by atoms with Crippen molar-refractivity contribution in [2.75, 3.05) is 5.32 Å². The van der Waals surface area contributed by atoms with Crippen LogP contribution in [0.1, 0.15) is 26.3 Å². The molecule has 138 valence electrons. The van der Waals surface area contributed by atoms with E-state index in [1.165, 1.54) is 12.4 Å². The largest absolute Gasteiger partial charge is 0.416 e. The average Bonchev–Trinajstić information content (AvgIpc) is 3.05. The van der Waals surface area contributed by atoms with E-state index in [4.69, 9.17) is 10.3 Å². The monoisotopic (exact) mass is 376 g/mol. The highest BCUT2D eigenvalue weighted by Gasteiger charge is 2.30. The molecule has 27 heavy (non-hydrogen) atoms. The van der Waals surface area contributed by atoms with Crippen molar-refractivity contribution in [1.82, 2.24) is 10.1 Å². The number of hydrogen-bond acceptors (Lipinski definition) is 5. The van der Waals surface area contributed by atoms with Gasteiger partial charge in [-0.3, -0.25) is 19.9 Å². The molecular weight excluding hydrogens is 365 g/mol. The van der Waals surface area contributed by atoms with Crippen molar-refractivity contribution in [3.63, 3.8) is 0 Å². The quantitative estimate of drug-likeness (QED) is 0.727. The van der Waals surface area contributed by atoms with Gasteiger partial charge in [0.1, 0.15) is 11.3 Å². The maximum Gasteiger partial charge on any atom is 0.416 e. The molecule has 0 fully saturated rings. The zero-order chi connectivity index (χ0) is 19.6. The van der Waals surface area contributed by atoms with Crippen LogP contribution in [0.4, 0.5) is 19.1 Å². The standard InChI is InChI=1S/C17H11F3N4O3/c18-17(19,20)11-3-1-10(2-4-11)15(26)23-16-12(14(21)25)13(24-27-16)9-5-7-22-8-6-9/h1-8H,(H2,21,25)(H,23,26). The summed E-state index contributed by atoms with van der Waals surface area (Å²) in [5.74, 6) is -1.99. The van der Waals surface area contributed by atoms with Gasteiger partial charge in [0.15, 0.2) is 0 Å². The number of anilines is 1. The number of alkyl halides is 3. The van der Waals surface area contributed by atoms with Crippen molar-refractivity contribution in [2.45, 2.75) is 6.18 Å². The summed E-state index contributed by atoms with van der Waals surface area (Å²) >= 11 is 0. The third-order valence-electron chi connectivity index (χ3n) is 3.59. The number of amides is 2. The molecule has 2 aromatic heterocycles. The summed E-state index contributed by atoms with van der Waals surface area (Å²) in [6.45, 7) is 0. The van der Waals surface area contributed by atoms with E-state index in [2.05, 4.69) is 15.5 Å². The molecule has 0 radical (unpaired) electrons. The van der Waals surface area contributed by atoms with Gasteiger partial charge in [-0.25, -0.2) is 0 Å². The van der Waals surface area contributed by atoms with Crippen LogP contribution in [0, 0.1) is 0 Å². The van der Waals surface area contributed by atoms with Crippen LogP contribution in [0.25, 0.3) is 11.3 Å². The van der Waals surface area contributed by atoms with Gasteiger partial charge in [0.2, 0.25) is 5.88 Å². The number of primary amides is 1. The number of nitrogens with two attached hydrogens (primary N) is 1. The Morgan fingerprint density at radius 1 is 1.04 bits per heavy atom. The first kappa shape index (κ1) is 18.1. The molecule has 0 aliphatic heterocycles. The molecule has 2 heterocycles. The summed E-state index contributed by atoms with van der Waals surface area (Å²) in [7, 11) is 0. The number of pyridine rings is 1. The van der Waals surface area contributed by atoms with E-state index in [1.54, 1.807) is 12.1 Å². The van der Waals surface area contributed by atoms with Crippen molar-refractivity contribution >= 4 is 17.7 Å². The highest BCUT2D eigenvalue weighted by molar-refractivity contribution is 6.09. The van der Waals surface area contributed by atoms with Crippen LogP contribution in [0.5, 0.6) is 0 Å². The van der Waals surface area contributed by atoms with Gasteiger partial charge in [-0.05, 0) is 36.4 Å². The fraction of sp³-hybridized carbons (Fsp3) is 0.0588. The van der Waals surface area contributed by atoms with E-state index in [0.717, 1.165) is 24.3 Å². The zero-order valence-electron chi connectivity index (χ0n) is 13.4. The zero-order valence-corrected chi connectivity index (χ0v) is 13.4. The molecule has 7 nitrogen and oxygen atoms in total. The van der Waals surface area contributed by atoms with Crippen LogP contribution in [-0.4, -0.2) is 22.0 Å². The minimum absolute atomic E-state index is 0.0692. The lowest BCUT2D eigenvalue weighted by atomic mass is 10.1. The number of halogens is 3. The molecule has 2 amide bonds. The Kier molecular flexibility index (Phi) is 4.63. The van der Waals surface area contributed by atoms with Gasteiger partial charge < -0.3 is 10.3 Å². The number of rotatable bonds is 4. The highest BCUT2D eigenvalue weighted by Crippen LogP contribution is 2.30. The van der Waals surface area contributed by atoms with Crippen LogP contribution in [0.15, 0.2) is 53.3 Å². The number of nitrogens with one attached hydrogen (secondary N) is 1. The van der Waals surface area contributed by atoms with Crippen molar-refractivity contribution in [3.8, 4) is 11.3 Å². The smallest absolute Gasteiger partial charge is 0.365 e. The predicted octanol–water partition coefficient (Wildman–Crippen LogP) is 3.11. The molecule has 10 heteroatoms. The summed E-state index contributed by atoms with van der Waals surface area (Å²) in [6, 6.07) is 6.67. The summed E-state index contributed by atoms with van der Waals surface area (Å²) < 4.78 is 42.8. The van der Waals surface area contributed by atoms with Crippen LogP contribution in [-0.2, 0) is 6.18 Å². The van der Waals surface area contributed by atoms with Gasteiger partial charge in [0.05, 0.1) is 5.56 Å². The molecule has 0 atom stereocenters. The van der Waals surface area contributed by atoms with Gasteiger partial charge in [-0.15, -0.1) is 0 Å². The molecular formula is C17H11F3N4O3. The number of carbonyl (C=O) groups is 2. The minimum atomic E-state index is -4.52. The Bertz CT molecular complexity index is 983. The molecule has 0 saturated heterocycles. The van der Waals surface area contributed by atoms with Crippen LogP contribution < -0.4 is 11.1 Å². The van der Waals surface area contributed by atoms with E-state index in [9.17, 15) is 22.8 Å². The molecule has 0 spiro atoms. The SMILES string of the molecule is NC(=O)c1c(-c2ccncc2)noc1NC(=O)c1ccc(C(F)(F)F)cc1. The molecule has 0 aliphatic rings.